The second-order valence-corrected chi connectivity index (χ2v) is 4.52. The number of rotatable bonds is 7. The topological polar surface area (TPSA) is 82.3 Å². The van der Waals surface area contributed by atoms with Gasteiger partial charge in [-0.25, -0.2) is 9.97 Å². The Kier molecular flexibility index (Phi) is 5.20. The first-order valence-corrected chi connectivity index (χ1v) is 6.84. The lowest BCUT2D eigenvalue weighted by Gasteiger charge is -2.09. The maximum Gasteiger partial charge on any atom is 0.218 e. The Hall–Kier alpha value is -2.50. The van der Waals surface area contributed by atoms with E-state index in [9.17, 15) is 0 Å². The molecule has 0 fully saturated rings. The highest BCUT2D eigenvalue weighted by Gasteiger charge is 2.03. The fraction of sp³-hybridized carbons (Fsp3) is 0.333. The van der Waals surface area contributed by atoms with Gasteiger partial charge in [-0.3, -0.25) is 0 Å². The van der Waals surface area contributed by atoms with Crippen LogP contribution in [0.5, 0.6) is 11.6 Å². The van der Waals surface area contributed by atoms with Crippen molar-refractivity contribution in [3.63, 3.8) is 0 Å². The molecule has 6 heteroatoms. The van der Waals surface area contributed by atoms with E-state index in [2.05, 4.69) is 22.2 Å². The van der Waals surface area contributed by atoms with Crippen molar-refractivity contribution >= 4 is 11.5 Å². The number of nitrogens with one attached hydrogen (secondary N) is 1. The van der Waals surface area contributed by atoms with E-state index >= 15 is 0 Å². The van der Waals surface area contributed by atoms with Crippen LogP contribution in [-0.4, -0.2) is 23.7 Å². The van der Waals surface area contributed by atoms with Gasteiger partial charge in [0.1, 0.15) is 17.9 Å². The van der Waals surface area contributed by atoms with Crippen LogP contribution < -0.4 is 20.5 Å². The van der Waals surface area contributed by atoms with Crippen LogP contribution >= 0.6 is 0 Å². The highest BCUT2D eigenvalue weighted by Crippen LogP contribution is 2.22. The van der Waals surface area contributed by atoms with Crippen molar-refractivity contribution in [3.8, 4) is 11.6 Å². The molecule has 0 unspecified atom stereocenters. The zero-order chi connectivity index (χ0) is 15.1. The molecule has 0 spiro atoms. The summed E-state index contributed by atoms with van der Waals surface area (Å²) in [4.78, 5) is 8.22. The van der Waals surface area contributed by atoms with Crippen molar-refractivity contribution in [3.05, 3.63) is 36.2 Å². The lowest BCUT2D eigenvalue weighted by atomic mass is 10.2. The van der Waals surface area contributed by atoms with E-state index in [-0.39, 0.29) is 0 Å². The van der Waals surface area contributed by atoms with Gasteiger partial charge in [-0.2, -0.15) is 0 Å². The molecule has 0 aliphatic carbocycles. The first-order valence-electron chi connectivity index (χ1n) is 6.84. The first kappa shape index (κ1) is 14.9. The van der Waals surface area contributed by atoms with Gasteiger partial charge in [-0.1, -0.05) is 13.0 Å². The Morgan fingerprint density at radius 1 is 1.24 bits per heavy atom. The lowest BCUT2D eigenvalue weighted by Crippen LogP contribution is -2.04. The van der Waals surface area contributed by atoms with Crippen molar-refractivity contribution in [2.45, 2.75) is 19.9 Å². The third-order valence-corrected chi connectivity index (χ3v) is 2.86. The molecule has 0 saturated carbocycles. The number of nitrogens with two attached hydrogens (primary N) is 1. The Balaban J connectivity index is 1.97. The molecule has 112 valence electrons. The minimum atomic E-state index is 0.573. The molecule has 0 aliphatic rings. The van der Waals surface area contributed by atoms with Gasteiger partial charge in [-0.15, -0.1) is 0 Å². The van der Waals surface area contributed by atoms with E-state index in [0.717, 1.165) is 12.0 Å². The Morgan fingerprint density at radius 2 is 2.10 bits per heavy atom. The van der Waals surface area contributed by atoms with Gasteiger partial charge < -0.3 is 20.5 Å². The highest BCUT2D eigenvalue weighted by molar-refractivity contribution is 5.54. The minimum Gasteiger partial charge on any atom is -0.495 e. The Bertz CT molecular complexity index is 590. The van der Waals surface area contributed by atoms with Crippen LogP contribution in [0.2, 0.25) is 0 Å². The second kappa shape index (κ2) is 7.33. The third kappa shape index (κ3) is 4.24. The van der Waals surface area contributed by atoms with Crippen LogP contribution in [0.25, 0.3) is 0 Å². The van der Waals surface area contributed by atoms with Crippen LogP contribution in [0, 0.1) is 0 Å². The monoisotopic (exact) mass is 288 g/mol. The summed E-state index contributed by atoms with van der Waals surface area (Å²) in [6, 6.07) is 7.46. The molecule has 2 rings (SSSR count). The van der Waals surface area contributed by atoms with Crippen molar-refractivity contribution < 1.29 is 9.47 Å². The predicted molar refractivity (Wildman–Crippen MR) is 82.6 cm³/mol. The molecule has 1 aromatic carbocycles. The summed E-state index contributed by atoms with van der Waals surface area (Å²) in [5.74, 6) is 1.96. The first-order chi connectivity index (χ1) is 10.2. The fourth-order valence-electron chi connectivity index (χ4n) is 1.81. The van der Waals surface area contributed by atoms with Gasteiger partial charge in [0.05, 0.1) is 19.4 Å². The summed E-state index contributed by atoms with van der Waals surface area (Å²) in [5, 5.41) is 3.21. The predicted octanol–water partition coefficient (Wildman–Crippen LogP) is 2.47. The molecule has 0 radical (unpaired) electrons. The van der Waals surface area contributed by atoms with Crippen LogP contribution in [0.4, 0.5) is 11.5 Å². The number of hydrogen-bond acceptors (Lipinski definition) is 6. The van der Waals surface area contributed by atoms with Gasteiger partial charge in [0, 0.05) is 12.6 Å². The quantitative estimate of drug-likeness (QED) is 0.762. The molecule has 0 amide bonds. The summed E-state index contributed by atoms with van der Waals surface area (Å²) in [7, 11) is 1.60. The molecular formula is C15H20N4O2. The molecule has 6 nitrogen and oxygen atoms in total. The number of nitrogens with zero attached hydrogens (tertiary/aromatic N) is 2. The summed E-state index contributed by atoms with van der Waals surface area (Å²) in [5.41, 5.74) is 7.54. The number of hydrogen-bond donors (Lipinski definition) is 2. The smallest absolute Gasteiger partial charge is 0.218 e. The molecule has 1 heterocycles. The zero-order valence-corrected chi connectivity index (χ0v) is 12.3. The standard InChI is InChI=1S/C15H20N4O2/c1-3-6-21-15-8-14(18-10-19-15)17-9-11-4-5-13(20-2)12(16)7-11/h4-5,7-8,10H,3,6,9,16H2,1-2H3,(H,17,18,19). The molecule has 0 aliphatic heterocycles. The molecule has 3 N–H and O–H groups in total. The average Bonchev–Trinajstić information content (AvgIpc) is 2.51. The van der Waals surface area contributed by atoms with Crippen molar-refractivity contribution in [1.29, 1.82) is 0 Å². The number of benzene rings is 1. The van der Waals surface area contributed by atoms with E-state index in [1.807, 2.05) is 18.2 Å². The van der Waals surface area contributed by atoms with E-state index in [0.29, 0.717) is 36.3 Å². The van der Waals surface area contributed by atoms with E-state index < -0.39 is 0 Å². The van der Waals surface area contributed by atoms with Gasteiger partial charge in [-0.05, 0) is 24.1 Å². The minimum absolute atomic E-state index is 0.573. The van der Waals surface area contributed by atoms with Gasteiger partial charge in [0.25, 0.3) is 0 Å². The fourth-order valence-corrected chi connectivity index (χ4v) is 1.81. The summed E-state index contributed by atoms with van der Waals surface area (Å²) >= 11 is 0. The van der Waals surface area contributed by atoms with Crippen molar-refractivity contribution in [1.82, 2.24) is 9.97 Å². The SMILES string of the molecule is CCCOc1cc(NCc2ccc(OC)c(N)c2)ncn1. The average molecular weight is 288 g/mol. The molecule has 0 bridgehead atoms. The van der Waals surface area contributed by atoms with Crippen LogP contribution in [0.15, 0.2) is 30.6 Å². The number of nitrogen functional groups attached to an aromatic ring is 1. The molecule has 0 atom stereocenters. The Morgan fingerprint density at radius 3 is 2.81 bits per heavy atom. The van der Waals surface area contributed by atoms with Crippen molar-refractivity contribution in [2.75, 3.05) is 24.8 Å². The van der Waals surface area contributed by atoms with Crippen LogP contribution in [0.3, 0.4) is 0 Å². The maximum atomic E-state index is 5.88. The molecule has 2 aromatic rings. The number of anilines is 2. The van der Waals surface area contributed by atoms with Gasteiger partial charge >= 0.3 is 0 Å². The zero-order valence-electron chi connectivity index (χ0n) is 12.3. The number of aromatic nitrogens is 2. The third-order valence-electron chi connectivity index (χ3n) is 2.86. The summed E-state index contributed by atoms with van der Waals surface area (Å²) < 4.78 is 10.6. The highest BCUT2D eigenvalue weighted by atomic mass is 16.5. The van der Waals surface area contributed by atoms with Crippen LogP contribution in [0.1, 0.15) is 18.9 Å². The maximum absolute atomic E-state index is 5.88. The van der Waals surface area contributed by atoms with Gasteiger partial charge in [0.15, 0.2) is 0 Å². The lowest BCUT2D eigenvalue weighted by molar-refractivity contribution is 0.305. The van der Waals surface area contributed by atoms with E-state index in [4.69, 9.17) is 15.2 Å². The molecular weight excluding hydrogens is 268 g/mol. The van der Waals surface area contributed by atoms with E-state index in [1.165, 1.54) is 6.33 Å². The number of ether oxygens (including phenoxy) is 2. The summed E-state index contributed by atoms with van der Waals surface area (Å²) in [6.45, 7) is 3.30. The second-order valence-electron chi connectivity index (χ2n) is 4.52. The van der Waals surface area contributed by atoms with Gasteiger partial charge in [0.2, 0.25) is 5.88 Å². The number of methoxy groups -OCH3 is 1. The molecule has 21 heavy (non-hydrogen) atoms. The molecule has 1 aromatic heterocycles. The summed E-state index contributed by atoms with van der Waals surface area (Å²) in [6.07, 6.45) is 2.42. The van der Waals surface area contributed by atoms with Crippen LogP contribution in [-0.2, 0) is 6.54 Å². The van der Waals surface area contributed by atoms with E-state index in [1.54, 1.807) is 13.2 Å². The van der Waals surface area contributed by atoms with Crippen molar-refractivity contribution in [2.24, 2.45) is 0 Å². The molecule has 0 saturated heterocycles. The largest absolute Gasteiger partial charge is 0.495 e. The Labute approximate surface area is 124 Å². The normalized spacial score (nSPS) is 10.2.